The molecule has 1 N–H and O–H groups in total. The average molecular weight is 450 g/mol. The Morgan fingerprint density at radius 1 is 0.618 bits per heavy atom. The first-order chi connectivity index (χ1) is 16.7. The molecule has 168 valence electrons. The first-order valence-corrected chi connectivity index (χ1v) is 11.0. The van der Waals surface area contributed by atoms with Crippen molar-refractivity contribution in [3.8, 4) is 11.5 Å². The van der Waals surface area contributed by atoms with Crippen LogP contribution >= 0.6 is 0 Å². The summed E-state index contributed by atoms with van der Waals surface area (Å²) in [5, 5.41) is 10.1. The van der Waals surface area contributed by atoms with Gasteiger partial charge in [0.15, 0.2) is 11.6 Å². The molecule has 0 fully saturated rings. The normalized spacial score (nSPS) is 12.1. The number of ether oxygens (including phenoxy) is 2. The molecule has 0 saturated carbocycles. The van der Waals surface area contributed by atoms with Crippen LogP contribution in [-0.2, 0) is 19.8 Å². The highest BCUT2D eigenvalue weighted by atomic mass is 16.5. The Morgan fingerprint density at radius 3 is 1.68 bits per heavy atom. The number of carbonyl (C=O) groups excluding carboxylic acids is 2. The van der Waals surface area contributed by atoms with Crippen LogP contribution in [0.25, 0.3) is 0 Å². The van der Waals surface area contributed by atoms with Crippen LogP contribution < -0.4 is 9.47 Å². The number of ketones is 2. The van der Waals surface area contributed by atoms with Gasteiger partial charge in [-0.05, 0) is 17.2 Å². The third-order valence-corrected chi connectivity index (χ3v) is 5.82. The molecule has 4 aromatic carbocycles. The SMILES string of the molecule is O=C1c2ccccc2C(=O)c2c(OCc3ccccc3)c(CO)cc(OCc3ccccc3)c21. The van der Waals surface area contributed by atoms with Crippen molar-refractivity contribution in [3.05, 3.63) is 130 Å². The molecule has 0 atom stereocenters. The van der Waals surface area contributed by atoms with Gasteiger partial charge < -0.3 is 14.6 Å². The average Bonchev–Trinajstić information content (AvgIpc) is 2.90. The molecule has 5 heteroatoms. The molecule has 1 aliphatic carbocycles. The van der Waals surface area contributed by atoms with Crippen LogP contribution in [0.15, 0.2) is 91.0 Å². The van der Waals surface area contributed by atoms with Crippen molar-refractivity contribution in [3.63, 3.8) is 0 Å². The van der Waals surface area contributed by atoms with E-state index in [1.807, 2.05) is 60.7 Å². The van der Waals surface area contributed by atoms with Crippen LogP contribution in [0.3, 0.4) is 0 Å². The van der Waals surface area contributed by atoms with Crippen LogP contribution in [0.4, 0.5) is 0 Å². The molecule has 0 radical (unpaired) electrons. The standard InChI is InChI=1S/C29H22O5/c30-16-21-15-24(33-17-19-9-3-1-4-10-19)25-26(29(21)34-18-20-11-5-2-6-12-20)28(32)23-14-8-7-13-22(23)27(25)31/h1-15,30H,16-18H2. The second-order valence-corrected chi connectivity index (χ2v) is 8.02. The van der Waals surface area contributed by atoms with E-state index in [9.17, 15) is 14.7 Å². The molecule has 0 heterocycles. The molecule has 5 nitrogen and oxygen atoms in total. The first-order valence-electron chi connectivity index (χ1n) is 11.0. The van der Waals surface area contributed by atoms with Gasteiger partial charge in [-0.25, -0.2) is 0 Å². The molecule has 0 aliphatic heterocycles. The molecule has 0 bridgehead atoms. The van der Waals surface area contributed by atoms with Crippen molar-refractivity contribution < 1.29 is 24.2 Å². The fourth-order valence-electron chi connectivity index (χ4n) is 4.14. The summed E-state index contributed by atoms with van der Waals surface area (Å²) in [6, 6.07) is 27.4. The van der Waals surface area contributed by atoms with E-state index in [0.717, 1.165) is 11.1 Å². The zero-order valence-electron chi connectivity index (χ0n) is 18.4. The van der Waals surface area contributed by atoms with Crippen LogP contribution in [0.2, 0.25) is 0 Å². The number of aliphatic hydroxyl groups excluding tert-OH is 1. The summed E-state index contributed by atoms with van der Waals surface area (Å²) in [5.41, 5.74) is 3.15. The maximum absolute atomic E-state index is 13.6. The highest BCUT2D eigenvalue weighted by Gasteiger charge is 2.36. The number of benzene rings is 4. The second-order valence-electron chi connectivity index (χ2n) is 8.02. The third kappa shape index (κ3) is 3.98. The summed E-state index contributed by atoms with van der Waals surface area (Å²) in [7, 11) is 0. The second kappa shape index (κ2) is 9.33. The van der Waals surface area contributed by atoms with Gasteiger partial charge >= 0.3 is 0 Å². The summed E-state index contributed by atoms with van der Waals surface area (Å²) in [5.74, 6) is -0.167. The Morgan fingerprint density at radius 2 is 1.12 bits per heavy atom. The Balaban J connectivity index is 1.62. The van der Waals surface area contributed by atoms with E-state index in [-0.39, 0.29) is 54.0 Å². The summed E-state index contributed by atoms with van der Waals surface area (Å²) >= 11 is 0. The van der Waals surface area contributed by atoms with E-state index >= 15 is 0 Å². The summed E-state index contributed by atoms with van der Waals surface area (Å²) in [6.07, 6.45) is 0. The molecule has 0 spiro atoms. The van der Waals surface area contributed by atoms with Crippen molar-refractivity contribution in [2.45, 2.75) is 19.8 Å². The maximum Gasteiger partial charge on any atom is 0.198 e. The van der Waals surface area contributed by atoms with Gasteiger partial charge in [0.05, 0.1) is 17.7 Å². The van der Waals surface area contributed by atoms with Gasteiger partial charge in [0.2, 0.25) is 0 Å². The van der Waals surface area contributed by atoms with E-state index in [1.54, 1.807) is 30.3 Å². The highest BCUT2D eigenvalue weighted by molar-refractivity contribution is 6.30. The predicted octanol–water partition coefficient (Wildman–Crippen LogP) is 5.11. The first kappa shape index (κ1) is 21.6. The number of hydrogen-bond donors (Lipinski definition) is 1. The van der Waals surface area contributed by atoms with Gasteiger partial charge in [-0.15, -0.1) is 0 Å². The maximum atomic E-state index is 13.6. The van der Waals surface area contributed by atoms with Crippen LogP contribution in [0.5, 0.6) is 11.5 Å². The molecule has 0 aromatic heterocycles. The van der Waals surface area contributed by atoms with E-state index < -0.39 is 0 Å². The molecular formula is C29H22O5. The molecule has 4 aromatic rings. The minimum absolute atomic E-state index is 0.134. The van der Waals surface area contributed by atoms with E-state index in [2.05, 4.69) is 0 Å². The quantitative estimate of drug-likeness (QED) is 0.373. The molecule has 0 saturated heterocycles. The van der Waals surface area contributed by atoms with Gasteiger partial charge in [0.1, 0.15) is 24.7 Å². The predicted molar refractivity (Wildman–Crippen MR) is 127 cm³/mol. The molecule has 1 aliphatic rings. The minimum atomic E-state index is -0.373. The lowest BCUT2D eigenvalue weighted by Gasteiger charge is -2.25. The highest BCUT2D eigenvalue weighted by Crippen LogP contribution is 2.41. The molecule has 5 rings (SSSR count). The summed E-state index contributed by atoms with van der Waals surface area (Å²) in [4.78, 5) is 27.2. The lowest BCUT2D eigenvalue weighted by Crippen LogP contribution is -2.24. The Bertz CT molecular complexity index is 1360. The zero-order chi connectivity index (χ0) is 23.5. The fraction of sp³-hybridized carbons (Fsp3) is 0.103. The third-order valence-electron chi connectivity index (χ3n) is 5.82. The van der Waals surface area contributed by atoms with Gasteiger partial charge in [0.25, 0.3) is 0 Å². The molecular weight excluding hydrogens is 428 g/mol. The van der Waals surface area contributed by atoms with E-state index in [0.29, 0.717) is 16.7 Å². The molecule has 0 amide bonds. The van der Waals surface area contributed by atoms with E-state index in [1.165, 1.54) is 0 Å². The van der Waals surface area contributed by atoms with Crippen molar-refractivity contribution in [1.29, 1.82) is 0 Å². The fourth-order valence-corrected chi connectivity index (χ4v) is 4.14. The Hall–Kier alpha value is -4.22. The van der Waals surface area contributed by atoms with Crippen LogP contribution in [-0.4, -0.2) is 16.7 Å². The number of rotatable bonds is 7. The zero-order valence-corrected chi connectivity index (χ0v) is 18.4. The van der Waals surface area contributed by atoms with E-state index in [4.69, 9.17) is 9.47 Å². The van der Waals surface area contributed by atoms with Gasteiger partial charge in [-0.1, -0.05) is 84.9 Å². The van der Waals surface area contributed by atoms with Crippen molar-refractivity contribution >= 4 is 11.6 Å². The topological polar surface area (TPSA) is 72.8 Å². The minimum Gasteiger partial charge on any atom is -0.488 e. The van der Waals surface area contributed by atoms with Gasteiger partial charge in [0, 0.05) is 16.7 Å². The van der Waals surface area contributed by atoms with Crippen molar-refractivity contribution in [2.75, 3.05) is 0 Å². The molecule has 0 unspecified atom stereocenters. The lowest BCUT2D eigenvalue weighted by atomic mass is 9.82. The lowest BCUT2D eigenvalue weighted by molar-refractivity contribution is 0.0970. The Kier molecular flexibility index (Phi) is 5.93. The smallest absolute Gasteiger partial charge is 0.198 e. The Labute approximate surface area is 197 Å². The monoisotopic (exact) mass is 450 g/mol. The van der Waals surface area contributed by atoms with Crippen LogP contribution in [0.1, 0.15) is 48.5 Å². The molecule has 34 heavy (non-hydrogen) atoms. The van der Waals surface area contributed by atoms with Crippen molar-refractivity contribution in [1.82, 2.24) is 0 Å². The number of fused-ring (bicyclic) bond motifs is 2. The van der Waals surface area contributed by atoms with Gasteiger partial charge in [-0.2, -0.15) is 0 Å². The summed E-state index contributed by atoms with van der Waals surface area (Å²) in [6.45, 7) is 0.0291. The largest absolute Gasteiger partial charge is 0.488 e. The number of hydrogen-bond acceptors (Lipinski definition) is 5. The number of aliphatic hydroxyl groups is 1. The summed E-state index contributed by atoms with van der Waals surface area (Å²) < 4.78 is 12.1. The van der Waals surface area contributed by atoms with Gasteiger partial charge in [-0.3, -0.25) is 9.59 Å². The number of carbonyl (C=O) groups is 2. The van der Waals surface area contributed by atoms with Crippen molar-refractivity contribution in [2.24, 2.45) is 0 Å². The van der Waals surface area contributed by atoms with Crippen LogP contribution in [0, 0.1) is 0 Å².